The summed E-state index contributed by atoms with van der Waals surface area (Å²) in [4.78, 5) is 35.1. The number of nitrogen functional groups attached to an aromatic ring is 1. The third-order valence-electron chi connectivity index (χ3n) is 3.87. The van der Waals surface area contributed by atoms with E-state index in [0.29, 0.717) is 41.2 Å². The number of thiophene rings is 1. The number of carboxylic acid groups (broad SMARTS) is 1. The molecule has 122 valence electrons. The van der Waals surface area contributed by atoms with Crippen LogP contribution in [0.1, 0.15) is 17.3 Å². The molecular formula is C13H16N6O3S. The highest BCUT2D eigenvalue weighted by molar-refractivity contribution is 7.17. The number of hydrogen-bond donors (Lipinski definition) is 3. The Kier molecular flexibility index (Phi) is 3.68. The molecule has 0 aromatic carbocycles. The lowest BCUT2D eigenvalue weighted by Crippen LogP contribution is -2.53. The van der Waals surface area contributed by atoms with E-state index in [0.717, 1.165) is 0 Å². The van der Waals surface area contributed by atoms with E-state index in [1.165, 1.54) is 16.2 Å². The Morgan fingerprint density at radius 2 is 2.13 bits per heavy atom. The van der Waals surface area contributed by atoms with Crippen molar-refractivity contribution in [2.45, 2.75) is 13.0 Å². The van der Waals surface area contributed by atoms with Gasteiger partial charge in [0, 0.05) is 31.1 Å². The lowest BCUT2D eigenvalue weighted by Gasteiger charge is -2.39. The van der Waals surface area contributed by atoms with E-state index < -0.39 is 12.0 Å². The van der Waals surface area contributed by atoms with Gasteiger partial charge in [-0.15, -0.1) is 11.3 Å². The Hall–Kier alpha value is -2.62. The van der Waals surface area contributed by atoms with Crippen molar-refractivity contribution in [2.24, 2.45) is 5.73 Å². The Balaban J connectivity index is 2.07. The molecule has 1 unspecified atom stereocenters. The SMILES string of the molecule is CC1CN(C(=O)O)CCN1c1nc(N)nc2scc(C(N)=O)c12. The average molecular weight is 336 g/mol. The van der Waals surface area contributed by atoms with Crippen LogP contribution in [0.3, 0.4) is 0 Å². The van der Waals surface area contributed by atoms with Gasteiger partial charge in [0.15, 0.2) is 0 Å². The van der Waals surface area contributed by atoms with E-state index in [-0.39, 0.29) is 12.0 Å². The van der Waals surface area contributed by atoms with Crippen LogP contribution in [0.4, 0.5) is 16.6 Å². The minimum Gasteiger partial charge on any atom is -0.465 e. The fourth-order valence-electron chi connectivity index (χ4n) is 2.77. The molecule has 2 aromatic heterocycles. The quantitative estimate of drug-likeness (QED) is 0.728. The summed E-state index contributed by atoms with van der Waals surface area (Å²) < 4.78 is 0. The van der Waals surface area contributed by atoms with Gasteiger partial charge in [-0.1, -0.05) is 0 Å². The fraction of sp³-hybridized carbons (Fsp3) is 0.385. The van der Waals surface area contributed by atoms with Gasteiger partial charge >= 0.3 is 6.09 Å². The number of anilines is 2. The van der Waals surface area contributed by atoms with Gasteiger partial charge in [-0.3, -0.25) is 4.79 Å². The maximum Gasteiger partial charge on any atom is 0.407 e. The summed E-state index contributed by atoms with van der Waals surface area (Å²) in [6.45, 7) is 3.04. The zero-order chi connectivity index (χ0) is 16.7. The van der Waals surface area contributed by atoms with Crippen molar-refractivity contribution in [1.82, 2.24) is 14.9 Å². The molecule has 9 nitrogen and oxygen atoms in total. The van der Waals surface area contributed by atoms with Crippen molar-refractivity contribution >= 4 is 45.3 Å². The Morgan fingerprint density at radius 1 is 1.39 bits per heavy atom. The molecule has 2 amide bonds. The lowest BCUT2D eigenvalue weighted by atomic mass is 10.1. The number of carbonyl (C=O) groups excluding carboxylic acids is 1. The minimum atomic E-state index is -0.947. The zero-order valence-corrected chi connectivity index (χ0v) is 13.2. The highest BCUT2D eigenvalue weighted by Crippen LogP contribution is 2.34. The van der Waals surface area contributed by atoms with Crippen LogP contribution in [-0.4, -0.2) is 57.7 Å². The van der Waals surface area contributed by atoms with E-state index in [1.54, 1.807) is 5.38 Å². The van der Waals surface area contributed by atoms with E-state index in [4.69, 9.17) is 16.6 Å². The summed E-state index contributed by atoms with van der Waals surface area (Å²) in [6, 6.07) is -0.113. The summed E-state index contributed by atoms with van der Waals surface area (Å²) in [5.41, 5.74) is 11.6. The number of hydrogen-bond acceptors (Lipinski definition) is 7. The maximum absolute atomic E-state index is 11.7. The molecule has 0 spiro atoms. The number of fused-ring (bicyclic) bond motifs is 1. The van der Waals surface area contributed by atoms with E-state index >= 15 is 0 Å². The second-order valence-corrected chi connectivity index (χ2v) is 6.23. The molecule has 0 radical (unpaired) electrons. The van der Waals surface area contributed by atoms with Crippen molar-refractivity contribution in [3.8, 4) is 0 Å². The molecule has 0 aliphatic carbocycles. The molecule has 1 saturated heterocycles. The zero-order valence-electron chi connectivity index (χ0n) is 12.4. The van der Waals surface area contributed by atoms with Gasteiger partial charge in [0.2, 0.25) is 11.9 Å². The molecule has 1 aliphatic rings. The molecule has 0 bridgehead atoms. The summed E-state index contributed by atoms with van der Waals surface area (Å²) in [5.74, 6) is 0.0843. The molecule has 3 heterocycles. The van der Waals surface area contributed by atoms with Gasteiger partial charge in [-0.2, -0.15) is 4.98 Å². The molecule has 1 aliphatic heterocycles. The van der Waals surface area contributed by atoms with Crippen molar-refractivity contribution in [3.63, 3.8) is 0 Å². The molecular weight excluding hydrogens is 320 g/mol. The van der Waals surface area contributed by atoms with Crippen molar-refractivity contribution in [2.75, 3.05) is 30.3 Å². The van der Waals surface area contributed by atoms with Crippen molar-refractivity contribution in [1.29, 1.82) is 0 Å². The normalized spacial score (nSPS) is 18.4. The number of carbonyl (C=O) groups is 2. The van der Waals surface area contributed by atoms with E-state index in [9.17, 15) is 9.59 Å². The van der Waals surface area contributed by atoms with Gasteiger partial charge in [-0.25, -0.2) is 9.78 Å². The van der Waals surface area contributed by atoms with Crippen LogP contribution >= 0.6 is 11.3 Å². The number of rotatable bonds is 2. The van der Waals surface area contributed by atoms with Crippen LogP contribution < -0.4 is 16.4 Å². The number of amides is 2. The molecule has 0 saturated carbocycles. The van der Waals surface area contributed by atoms with Crippen LogP contribution in [0, 0.1) is 0 Å². The third-order valence-corrected chi connectivity index (χ3v) is 4.74. The Morgan fingerprint density at radius 3 is 2.74 bits per heavy atom. The van der Waals surface area contributed by atoms with Gasteiger partial charge in [0.1, 0.15) is 10.6 Å². The standard InChI is InChI=1S/C13H16N6O3S/c1-6-4-18(13(21)22)2-3-19(6)10-8-7(9(14)20)5-23-11(8)17-12(15)16-10/h5-6H,2-4H2,1H3,(H2,14,20)(H,21,22)(H2,15,16,17). The second kappa shape index (κ2) is 5.54. The first-order valence-corrected chi connectivity index (χ1v) is 7.85. The smallest absolute Gasteiger partial charge is 0.407 e. The monoisotopic (exact) mass is 336 g/mol. The lowest BCUT2D eigenvalue weighted by molar-refractivity contribution is 0.100. The highest BCUT2D eigenvalue weighted by atomic mass is 32.1. The molecule has 3 rings (SSSR count). The summed E-state index contributed by atoms with van der Waals surface area (Å²) in [6.07, 6.45) is -0.947. The predicted octanol–water partition coefficient (Wildman–Crippen LogP) is 0.561. The van der Waals surface area contributed by atoms with Crippen LogP contribution in [0.25, 0.3) is 10.2 Å². The third kappa shape index (κ3) is 2.61. The van der Waals surface area contributed by atoms with Crippen LogP contribution in [0.2, 0.25) is 0 Å². The van der Waals surface area contributed by atoms with Crippen molar-refractivity contribution < 1.29 is 14.7 Å². The fourth-order valence-corrected chi connectivity index (χ4v) is 3.70. The van der Waals surface area contributed by atoms with E-state index in [2.05, 4.69) is 9.97 Å². The molecule has 5 N–H and O–H groups in total. The van der Waals surface area contributed by atoms with E-state index in [1.807, 2.05) is 11.8 Å². The Labute approximate surface area is 135 Å². The highest BCUT2D eigenvalue weighted by Gasteiger charge is 2.30. The first-order chi connectivity index (χ1) is 10.9. The minimum absolute atomic E-state index is 0.109. The van der Waals surface area contributed by atoms with Gasteiger partial charge in [0.25, 0.3) is 0 Å². The van der Waals surface area contributed by atoms with Crippen LogP contribution in [0.15, 0.2) is 5.38 Å². The first kappa shape index (κ1) is 15.3. The number of nitrogens with two attached hydrogens (primary N) is 2. The average Bonchev–Trinajstić information content (AvgIpc) is 2.90. The molecule has 23 heavy (non-hydrogen) atoms. The van der Waals surface area contributed by atoms with Crippen LogP contribution in [0.5, 0.6) is 0 Å². The summed E-state index contributed by atoms with van der Waals surface area (Å²) in [5, 5.41) is 11.3. The number of primary amides is 1. The summed E-state index contributed by atoms with van der Waals surface area (Å²) >= 11 is 1.28. The molecule has 10 heteroatoms. The summed E-state index contributed by atoms with van der Waals surface area (Å²) in [7, 11) is 0. The first-order valence-electron chi connectivity index (χ1n) is 6.97. The Bertz CT molecular complexity index is 791. The number of piperazine rings is 1. The molecule has 2 aromatic rings. The van der Waals surface area contributed by atoms with Crippen molar-refractivity contribution in [3.05, 3.63) is 10.9 Å². The maximum atomic E-state index is 11.7. The van der Waals surface area contributed by atoms with Gasteiger partial charge in [-0.05, 0) is 6.92 Å². The molecule has 1 atom stereocenters. The number of aromatic nitrogens is 2. The largest absolute Gasteiger partial charge is 0.465 e. The van der Waals surface area contributed by atoms with Gasteiger partial charge < -0.3 is 26.4 Å². The predicted molar refractivity (Wildman–Crippen MR) is 86.8 cm³/mol. The molecule has 1 fully saturated rings. The topological polar surface area (TPSA) is 139 Å². The number of nitrogens with zero attached hydrogens (tertiary/aromatic N) is 4. The van der Waals surface area contributed by atoms with Gasteiger partial charge in [0.05, 0.1) is 10.9 Å². The van der Waals surface area contributed by atoms with Crippen LogP contribution in [-0.2, 0) is 0 Å². The second-order valence-electron chi connectivity index (χ2n) is 5.37.